The van der Waals surface area contributed by atoms with Gasteiger partial charge in [0.1, 0.15) is 0 Å². The highest BCUT2D eigenvalue weighted by Crippen LogP contribution is 2.31. The van der Waals surface area contributed by atoms with E-state index in [0.717, 1.165) is 22.0 Å². The molecule has 2 aromatic rings. The van der Waals surface area contributed by atoms with Gasteiger partial charge in [0.25, 0.3) is 0 Å². The summed E-state index contributed by atoms with van der Waals surface area (Å²) in [5.41, 5.74) is 3.64. The van der Waals surface area contributed by atoms with Gasteiger partial charge in [-0.2, -0.15) is 0 Å². The Morgan fingerprint density at radius 1 is 1.00 bits per heavy atom. The SMILES string of the molecule is CCC(C)c1ccc(C(Cl)c2cccc(Br)c2)cc1. The van der Waals surface area contributed by atoms with Crippen molar-refractivity contribution in [2.24, 2.45) is 0 Å². The van der Waals surface area contributed by atoms with Gasteiger partial charge < -0.3 is 0 Å². The van der Waals surface area contributed by atoms with Gasteiger partial charge in [0.2, 0.25) is 0 Å². The predicted molar refractivity (Wildman–Crippen MR) is 87.0 cm³/mol. The molecule has 0 amide bonds. The van der Waals surface area contributed by atoms with E-state index in [1.54, 1.807) is 0 Å². The standard InChI is InChI=1S/C17H18BrCl/c1-3-12(2)13-7-9-14(10-8-13)17(19)15-5-4-6-16(18)11-15/h4-12,17H,3H2,1-2H3. The summed E-state index contributed by atoms with van der Waals surface area (Å²) < 4.78 is 1.06. The van der Waals surface area contributed by atoms with E-state index in [9.17, 15) is 0 Å². The number of rotatable bonds is 4. The van der Waals surface area contributed by atoms with Crippen molar-refractivity contribution in [2.45, 2.75) is 31.6 Å². The van der Waals surface area contributed by atoms with E-state index in [0.29, 0.717) is 5.92 Å². The Kier molecular flexibility index (Phi) is 5.06. The molecule has 0 aliphatic heterocycles. The molecular weight excluding hydrogens is 320 g/mol. The second-order valence-corrected chi connectivity index (χ2v) is 6.25. The highest BCUT2D eigenvalue weighted by molar-refractivity contribution is 9.10. The van der Waals surface area contributed by atoms with Crippen LogP contribution in [0.2, 0.25) is 0 Å². The molecule has 0 fully saturated rings. The second kappa shape index (κ2) is 6.58. The maximum atomic E-state index is 6.55. The average molecular weight is 338 g/mol. The summed E-state index contributed by atoms with van der Waals surface area (Å²) in [6, 6.07) is 16.8. The van der Waals surface area contributed by atoms with Crippen LogP contribution >= 0.6 is 27.5 Å². The summed E-state index contributed by atoms with van der Waals surface area (Å²) in [6.45, 7) is 4.46. The van der Waals surface area contributed by atoms with Crippen molar-refractivity contribution in [2.75, 3.05) is 0 Å². The molecule has 0 bridgehead atoms. The van der Waals surface area contributed by atoms with Gasteiger partial charge in [-0.05, 0) is 41.2 Å². The van der Waals surface area contributed by atoms with Gasteiger partial charge in [-0.3, -0.25) is 0 Å². The number of alkyl halides is 1. The van der Waals surface area contributed by atoms with Gasteiger partial charge in [0.15, 0.2) is 0 Å². The summed E-state index contributed by atoms with van der Waals surface area (Å²) in [5, 5.41) is -0.0940. The van der Waals surface area contributed by atoms with Crippen LogP contribution in [0.25, 0.3) is 0 Å². The topological polar surface area (TPSA) is 0 Å². The minimum absolute atomic E-state index is 0.0940. The van der Waals surface area contributed by atoms with Gasteiger partial charge in [-0.15, -0.1) is 11.6 Å². The van der Waals surface area contributed by atoms with Crippen molar-refractivity contribution in [3.8, 4) is 0 Å². The fourth-order valence-electron chi connectivity index (χ4n) is 2.09. The third kappa shape index (κ3) is 3.61. The first-order valence-electron chi connectivity index (χ1n) is 6.61. The minimum Gasteiger partial charge on any atom is -0.113 e. The third-order valence-electron chi connectivity index (χ3n) is 3.55. The molecule has 2 atom stereocenters. The van der Waals surface area contributed by atoms with E-state index in [1.807, 2.05) is 12.1 Å². The highest BCUT2D eigenvalue weighted by Gasteiger charge is 2.11. The van der Waals surface area contributed by atoms with E-state index in [4.69, 9.17) is 11.6 Å². The summed E-state index contributed by atoms with van der Waals surface area (Å²) in [7, 11) is 0. The molecule has 2 heteroatoms. The summed E-state index contributed by atoms with van der Waals surface area (Å²) in [5.74, 6) is 0.605. The summed E-state index contributed by atoms with van der Waals surface area (Å²) in [4.78, 5) is 0. The molecule has 0 N–H and O–H groups in total. The molecule has 0 spiro atoms. The Morgan fingerprint density at radius 3 is 2.21 bits per heavy atom. The minimum atomic E-state index is -0.0940. The van der Waals surface area contributed by atoms with Crippen molar-refractivity contribution in [3.05, 3.63) is 69.7 Å². The van der Waals surface area contributed by atoms with Crippen molar-refractivity contribution >= 4 is 27.5 Å². The lowest BCUT2D eigenvalue weighted by atomic mass is 9.96. The lowest BCUT2D eigenvalue weighted by Crippen LogP contribution is -1.95. The van der Waals surface area contributed by atoms with E-state index in [1.165, 1.54) is 5.56 Å². The molecule has 0 aliphatic rings. The Labute approximate surface area is 128 Å². The molecule has 19 heavy (non-hydrogen) atoms. The van der Waals surface area contributed by atoms with Crippen LogP contribution in [0, 0.1) is 0 Å². The molecule has 2 rings (SSSR count). The van der Waals surface area contributed by atoms with Crippen LogP contribution < -0.4 is 0 Å². The van der Waals surface area contributed by atoms with Crippen molar-refractivity contribution in [3.63, 3.8) is 0 Å². The first-order chi connectivity index (χ1) is 9.11. The largest absolute Gasteiger partial charge is 0.113 e. The summed E-state index contributed by atoms with van der Waals surface area (Å²) >= 11 is 10.0. The maximum absolute atomic E-state index is 6.55. The highest BCUT2D eigenvalue weighted by atomic mass is 79.9. The molecule has 0 radical (unpaired) electrons. The second-order valence-electron chi connectivity index (χ2n) is 4.89. The zero-order chi connectivity index (χ0) is 13.8. The first-order valence-corrected chi connectivity index (χ1v) is 7.84. The van der Waals surface area contributed by atoms with Crippen LogP contribution in [0.1, 0.15) is 48.3 Å². The molecule has 2 aromatic carbocycles. The molecule has 100 valence electrons. The van der Waals surface area contributed by atoms with Crippen LogP contribution in [0.5, 0.6) is 0 Å². The van der Waals surface area contributed by atoms with Crippen LogP contribution in [0.4, 0.5) is 0 Å². The molecule has 0 saturated heterocycles. The van der Waals surface area contributed by atoms with Gasteiger partial charge in [0, 0.05) is 4.47 Å². The monoisotopic (exact) mass is 336 g/mol. The first kappa shape index (κ1) is 14.6. The molecule has 0 nitrogen and oxygen atoms in total. The zero-order valence-corrected chi connectivity index (χ0v) is 13.6. The normalized spacial score (nSPS) is 14.1. The van der Waals surface area contributed by atoms with E-state index in [-0.39, 0.29) is 5.38 Å². The molecule has 0 aromatic heterocycles. The van der Waals surface area contributed by atoms with Crippen LogP contribution in [0.15, 0.2) is 53.0 Å². The Hall–Kier alpha value is -0.790. The molecule has 2 unspecified atom stereocenters. The zero-order valence-electron chi connectivity index (χ0n) is 11.2. The Bertz CT molecular complexity index is 533. The van der Waals surface area contributed by atoms with Crippen molar-refractivity contribution < 1.29 is 0 Å². The average Bonchev–Trinajstić information content (AvgIpc) is 2.46. The number of halogens is 2. The smallest absolute Gasteiger partial charge is 0.0835 e. The lowest BCUT2D eigenvalue weighted by molar-refractivity contribution is 0.733. The maximum Gasteiger partial charge on any atom is 0.0835 e. The predicted octanol–water partition coefficient (Wildman–Crippen LogP) is 6.29. The van der Waals surface area contributed by atoms with E-state index in [2.05, 4.69) is 66.2 Å². The van der Waals surface area contributed by atoms with Gasteiger partial charge in [0.05, 0.1) is 5.38 Å². The number of hydrogen-bond donors (Lipinski definition) is 0. The number of benzene rings is 2. The third-order valence-corrected chi connectivity index (χ3v) is 4.55. The van der Waals surface area contributed by atoms with Gasteiger partial charge in [-0.25, -0.2) is 0 Å². The molecule has 0 heterocycles. The molecule has 0 saturated carbocycles. The van der Waals surface area contributed by atoms with Crippen LogP contribution in [-0.4, -0.2) is 0 Å². The number of hydrogen-bond acceptors (Lipinski definition) is 0. The Balaban J connectivity index is 2.22. The van der Waals surface area contributed by atoms with E-state index < -0.39 is 0 Å². The molecular formula is C17H18BrCl. The quantitative estimate of drug-likeness (QED) is 0.575. The fraction of sp³-hybridized carbons (Fsp3) is 0.294. The van der Waals surface area contributed by atoms with Crippen LogP contribution in [-0.2, 0) is 0 Å². The summed E-state index contributed by atoms with van der Waals surface area (Å²) in [6.07, 6.45) is 1.16. The van der Waals surface area contributed by atoms with E-state index >= 15 is 0 Å². The van der Waals surface area contributed by atoms with Gasteiger partial charge >= 0.3 is 0 Å². The van der Waals surface area contributed by atoms with Crippen LogP contribution in [0.3, 0.4) is 0 Å². The fourth-order valence-corrected chi connectivity index (χ4v) is 2.78. The van der Waals surface area contributed by atoms with Gasteiger partial charge in [-0.1, -0.05) is 66.2 Å². The van der Waals surface area contributed by atoms with Crippen molar-refractivity contribution in [1.82, 2.24) is 0 Å². The van der Waals surface area contributed by atoms with Crippen molar-refractivity contribution in [1.29, 1.82) is 0 Å². The Morgan fingerprint density at radius 2 is 1.63 bits per heavy atom. The molecule has 0 aliphatic carbocycles. The lowest BCUT2D eigenvalue weighted by Gasteiger charge is -2.13.